The van der Waals surface area contributed by atoms with E-state index in [0.29, 0.717) is 53.6 Å². The average Bonchev–Trinajstić information content (AvgIpc) is 3.29. The number of phenolic OH excluding ortho intramolecular Hbond substituents is 1. The number of imidazole rings is 1. The number of carbonyl (C=O) groups is 1. The summed E-state index contributed by atoms with van der Waals surface area (Å²) in [5, 5.41) is 14.0. The molecule has 2 aromatic carbocycles. The number of nitrogen functional groups attached to an aromatic ring is 1. The summed E-state index contributed by atoms with van der Waals surface area (Å²) in [4.78, 5) is 39.7. The Morgan fingerprint density at radius 3 is 2.71 bits per heavy atom. The zero-order valence-corrected chi connectivity index (χ0v) is 25.6. The highest BCUT2D eigenvalue weighted by atomic mass is 127. The number of phosphoric ester groups is 1. The van der Waals surface area contributed by atoms with Crippen LogP contribution in [0.5, 0.6) is 11.5 Å². The minimum absolute atomic E-state index is 0.0273. The van der Waals surface area contributed by atoms with Crippen LogP contribution >= 0.6 is 30.4 Å². The van der Waals surface area contributed by atoms with Crippen LogP contribution in [-0.2, 0) is 33.5 Å². The summed E-state index contributed by atoms with van der Waals surface area (Å²) in [5.74, 6) is 0.308. The summed E-state index contributed by atoms with van der Waals surface area (Å²) >= 11 is 2.01. The summed E-state index contributed by atoms with van der Waals surface area (Å²) in [6.07, 6.45) is 3.07. The Morgan fingerprint density at radius 1 is 1.17 bits per heavy atom. The van der Waals surface area contributed by atoms with Gasteiger partial charge in [0.2, 0.25) is 5.91 Å². The van der Waals surface area contributed by atoms with Gasteiger partial charge in [-0.2, -0.15) is 0 Å². The van der Waals surface area contributed by atoms with E-state index in [9.17, 15) is 24.3 Å². The van der Waals surface area contributed by atoms with E-state index in [-0.39, 0.29) is 29.8 Å². The highest BCUT2D eigenvalue weighted by Gasteiger charge is 2.24. The lowest BCUT2D eigenvalue weighted by Gasteiger charge is -2.16. The van der Waals surface area contributed by atoms with Gasteiger partial charge in [-0.05, 0) is 36.6 Å². The fourth-order valence-corrected chi connectivity index (χ4v) is 5.27. The first-order valence-corrected chi connectivity index (χ1v) is 16.2. The highest BCUT2D eigenvalue weighted by Crippen LogP contribution is 2.44. The molecular weight excluding hydrogens is 664 g/mol. The quantitative estimate of drug-likeness (QED) is 0.0562. The third-order valence-corrected chi connectivity index (χ3v) is 7.55. The zero-order chi connectivity index (χ0) is 29.6. The van der Waals surface area contributed by atoms with Crippen LogP contribution in [0, 0.1) is 0 Å². The van der Waals surface area contributed by atoms with Crippen LogP contribution in [0.15, 0.2) is 36.4 Å². The van der Waals surface area contributed by atoms with E-state index in [2.05, 4.69) is 17.2 Å². The fraction of sp³-hybridized carbons (Fsp3) is 0.370. The number of para-hydroxylation sites is 1. The van der Waals surface area contributed by atoms with E-state index in [1.807, 2.05) is 45.4 Å². The van der Waals surface area contributed by atoms with Crippen molar-refractivity contribution in [3.05, 3.63) is 53.3 Å². The van der Waals surface area contributed by atoms with Crippen molar-refractivity contribution >= 4 is 64.1 Å². The van der Waals surface area contributed by atoms with Crippen molar-refractivity contribution in [3.63, 3.8) is 0 Å². The highest BCUT2D eigenvalue weighted by molar-refractivity contribution is 14.1. The Bertz CT molecular complexity index is 1590. The van der Waals surface area contributed by atoms with Crippen LogP contribution < -0.4 is 15.6 Å². The van der Waals surface area contributed by atoms with E-state index in [1.54, 1.807) is 12.1 Å². The van der Waals surface area contributed by atoms with Crippen molar-refractivity contribution in [2.75, 3.05) is 29.9 Å². The van der Waals surface area contributed by atoms with Crippen molar-refractivity contribution in [3.8, 4) is 11.5 Å². The van der Waals surface area contributed by atoms with E-state index in [4.69, 9.17) is 20.0 Å². The van der Waals surface area contributed by atoms with Crippen molar-refractivity contribution in [1.29, 1.82) is 0 Å². The first-order chi connectivity index (χ1) is 19.6. The van der Waals surface area contributed by atoms with Gasteiger partial charge in [0, 0.05) is 23.9 Å². The van der Waals surface area contributed by atoms with Gasteiger partial charge in [-0.25, -0.2) is 14.5 Å². The number of hydrogen-bond donors (Lipinski definition) is 5. The molecule has 41 heavy (non-hydrogen) atoms. The topological polar surface area (TPSA) is 182 Å². The van der Waals surface area contributed by atoms with Gasteiger partial charge in [0.1, 0.15) is 11.3 Å². The normalized spacial score (nSPS) is 11.8. The monoisotopic (exact) mass is 697 g/mol. The summed E-state index contributed by atoms with van der Waals surface area (Å²) < 4.78 is 24.6. The van der Waals surface area contributed by atoms with E-state index < -0.39 is 7.82 Å². The number of pyridine rings is 1. The molecule has 0 aliphatic rings. The Labute approximate surface area is 250 Å². The molecule has 0 spiro atoms. The first kappa shape index (κ1) is 31.0. The molecule has 6 N–H and O–H groups in total. The van der Waals surface area contributed by atoms with E-state index >= 15 is 0 Å². The minimum atomic E-state index is -4.94. The number of hydrogen-bond acceptors (Lipinski definition) is 8. The van der Waals surface area contributed by atoms with Crippen LogP contribution in [-0.4, -0.2) is 59.5 Å². The molecule has 0 fully saturated rings. The van der Waals surface area contributed by atoms with Gasteiger partial charge >= 0.3 is 7.82 Å². The zero-order valence-electron chi connectivity index (χ0n) is 22.5. The van der Waals surface area contributed by atoms with Crippen molar-refractivity contribution in [1.82, 2.24) is 19.9 Å². The molecule has 2 heterocycles. The molecule has 2 aromatic heterocycles. The summed E-state index contributed by atoms with van der Waals surface area (Å²) in [6, 6.07) is 10.4. The fourth-order valence-electron chi connectivity index (χ4n) is 4.55. The number of nitrogens with one attached hydrogen (secondary N) is 1. The molecule has 0 saturated heterocycles. The maximum Gasteiger partial charge on any atom is 0.524 e. The molecule has 4 rings (SSSR count). The molecule has 0 unspecified atom stereocenters. The molecule has 0 bridgehead atoms. The minimum Gasteiger partial charge on any atom is -0.504 e. The molecule has 4 aromatic rings. The number of alkyl halides is 1. The van der Waals surface area contributed by atoms with Crippen LogP contribution in [0.3, 0.4) is 0 Å². The van der Waals surface area contributed by atoms with Crippen LogP contribution in [0.2, 0.25) is 0 Å². The molecule has 0 aliphatic heterocycles. The standard InChI is InChI=1S/C27H33IN5O7P/c1-2-3-7-22-32-24-25(33(22)16-18-5-4-6-21(34)26(18)40-41(36,37)38)19-14-17(8-9-20(19)31-27(24)29)10-12-39-13-11-30-23(35)15-28/h4-6,8-9,14,34H,2-3,7,10-13,15-16H2,1H3,(H2,29,31)(H,30,35)(H2,36,37,38). The predicted octanol–water partition coefficient (Wildman–Crippen LogP) is 3.85. The number of unbranched alkanes of at least 4 members (excludes halogenated alkanes) is 1. The van der Waals surface area contributed by atoms with Crippen LogP contribution in [0.1, 0.15) is 36.7 Å². The summed E-state index contributed by atoms with van der Waals surface area (Å²) in [7, 11) is -4.94. The molecule has 12 nitrogen and oxygen atoms in total. The number of nitrogens with zero attached hydrogens (tertiary/aromatic N) is 3. The second-order valence-corrected chi connectivity index (χ2v) is 11.4. The van der Waals surface area contributed by atoms with Crippen LogP contribution in [0.25, 0.3) is 21.9 Å². The van der Waals surface area contributed by atoms with Gasteiger partial charge in [0.05, 0.1) is 35.2 Å². The molecule has 14 heteroatoms. The molecule has 1 amide bonds. The van der Waals surface area contributed by atoms with E-state index in [1.165, 1.54) is 6.07 Å². The maximum absolute atomic E-state index is 11.7. The lowest BCUT2D eigenvalue weighted by atomic mass is 10.1. The van der Waals surface area contributed by atoms with Gasteiger partial charge in [-0.15, -0.1) is 0 Å². The Kier molecular flexibility index (Phi) is 10.4. The number of nitrogens with two attached hydrogens (primary N) is 1. The molecule has 0 radical (unpaired) electrons. The second-order valence-electron chi connectivity index (χ2n) is 9.46. The maximum atomic E-state index is 11.7. The predicted molar refractivity (Wildman–Crippen MR) is 164 cm³/mol. The van der Waals surface area contributed by atoms with Crippen molar-refractivity contribution in [2.24, 2.45) is 0 Å². The SMILES string of the molecule is CCCCc1nc2c(N)nc3ccc(CCOCCNC(=O)CI)cc3c2n1Cc1cccc(O)c1OP(=O)(O)O. The summed E-state index contributed by atoms with van der Waals surface area (Å²) in [5.41, 5.74) is 9.66. The molecular formula is C27H33IN5O7P. The largest absolute Gasteiger partial charge is 0.524 e. The molecule has 0 aliphatic carbocycles. The number of aryl methyl sites for hydroxylation is 1. The lowest BCUT2D eigenvalue weighted by molar-refractivity contribution is -0.118. The van der Waals surface area contributed by atoms with Gasteiger partial charge in [-0.3, -0.25) is 14.6 Å². The molecule has 0 saturated carbocycles. The molecule has 0 atom stereocenters. The Hall–Kier alpha value is -2.97. The number of fused-ring (bicyclic) bond motifs is 3. The van der Waals surface area contributed by atoms with Gasteiger partial charge in [0.25, 0.3) is 0 Å². The van der Waals surface area contributed by atoms with Crippen LogP contribution in [0.4, 0.5) is 5.82 Å². The van der Waals surface area contributed by atoms with Gasteiger partial charge in [-0.1, -0.05) is 54.1 Å². The third kappa shape index (κ3) is 7.86. The number of halogens is 1. The van der Waals surface area contributed by atoms with Gasteiger partial charge in [0.15, 0.2) is 17.3 Å². The van der Waals surface area contributed by atoms with Crippen molar-refractivity contribution < 1.29 is 33.5 Å². The smallest absolute Gasteiger partial charge is 0.504 e. The number of aromatic hydroxyl groups is 1. The number of benzene rings is 2. The summed E-state index contributed by atoms with van der Waals surface area (Å²) in [6.45, 7) is 3.52. The Balaban J connectivity index is 1.73. The van der Waals surface area contributed by atoms with Gasteiger partial charge < -0.3 is 30.0 Å². The first-order valence-electron chi connectivity index (χ1n) is 13.1. The number of rotatable bonds is 14. The van der Waals surface area contributed by atoms with E-state index in [0.717, 1.165) is 35.1 Å². The number of phosphoric acid groups is 1. The average molecular weight is 697 g/mol. The van der Waals surface area contributed by atoms with Crippen molar-refractivity contribution in [2.45, 2.75) is 39.2 Å². The third-order valence-electron chi connectivity index (χ3n) is 6.44. The lowest BCUT2D eigenvalue weighted by Crippen LogP contribution is -2.28. The number of phenols is 1. The number of anilines is 1. The second kappa shape index (κ2) is 13.8. The number of amides is 1. The number of aromatic nitrogens is 3. The Morgan fingerprint density at radius 2 is 1.98 bits per heavy atom. The molecule has 220 valence electrons. The number of carbonyl (C=O) groups excluding carboxylic acids is 1. The number of ether oxygens (including phenoxy) is 1.